The maximum atomic E-state index is 10.3. The second-order valence-electron chi connectivity index (χ2n) is 4.81. The van der Waals surface area contributed by atoms with Gasteiger partial charge in [0.1, 0.15) is 0 Å². The largest absolute Gasteiger partial charge is 0.387 e. The summed E-state index contributed by atoms with van der Waals surface area (Å²) in [6, 6.07) is 0.00574. The molecule has 13 heavy (non-hydrogen) atoms. The molecule has 2 fully saturated rings. The first-order valence-corrected chi connectivity index (χ1v) is 5.28. The zero-order valence-electron chi connectivity index (χ0n) is 8.37. The second kappa shape index (κ2) is 3.23. The van der Waals surface area contributed by atoms with Gasteiger partial charge in [-0.3, -0.25) is 0 Å². The van der Waals surface area contributed by atoms with Crippen molar-refractivity contribution in [3.8, 4) is 0 Å². The predicted molar refractivity (Wildman–Crippen MR) is 52.4 cm³/mol. The minimum Gasteiger partial charge on any atom is -0.387 e. The van der Waals surface area contributed by atoms with Crippen LogP contribution in [0.2, 0.25) is 0 Å². The molecular formula is C10H20N2O. The molecule has 2 atom stereocenters. The van der Waals surface area contributed by atoms with Crippen LogP contribution in [0.3, 0.4) is 0 Å². The van der Waals surface area contributed by atoms with Gasteiger partial charge in [0.25, 0.3) is 0 Å². The van der Waals surface area contributed by atoms with Crippen molar-refractivity contribution in [1.29, 1.82) is 0 Å². The van der Waals surface area contributed by atoms with E-state index in [0.29, 0.717) is 5.92 Å². The Morgan fingerprint density at radius 2 is 2.23 bits per heavy atom. The molecule has 3 nitrogen and oxygen atoms in total. The van der Waals surface area contributed by atoms with E-state index in [0.717, 1.165) is 19.5 Å². The van der Waals surface area contributed by atoms with Gasteiger partial charge in [0.2, 0.25) is 0 Å². The number of nitrogens with zero attached hydrogens (tertiary/aromatic N) is 1. The molecular weight excluding hydrogens is 164 g/mol. The number of hydrogen-bond donors (Lipinski definition) is 2. The maximum absolute atomic E-state index is 10.3. The molecule has 2 unspecified atom stereocenters. The van der Waals surface area contributed by atoms with Crippen LogP contribution in [0.1, 0.15) is 25.7 Å². The number of likely N-dealkylation sites (N-methyl/N-ethyl adjacent to an activating group) is 1. The third-order valence-electron chi connectivity index (χ3n) is 3.75. The molecule has 0 spiro atoms. The van der Waals surface area contributed by atoms with E-state index in [1.807, 2.05) is 7.05 Å². The quantitative estimate of drug-likeness (QED) is 0.643. The molecule has 1 aliphatic heterocycles. The Morgan fingerprint density at radius 1 is 1.54 bits per heavy atom. The predicted octanol–water partition coefficient (Wildman–Crippen LogP) is 0.180. The van der Waals surface area contributed by atoms with Gasteiger partial charge < -0.3 is 15.7 Å². The standard InChI is InChI=1S/C10H20N2O/c1-12-6-5-10(13,7-12)9(11)8-3-2-4-8/h8-9,13H,2-7,11H2,1H3. The van der Waals surface area contributed by atoms with Crippen molar-refractivity contribution >= 4 is 0 Å². The van der Waals surface area contributed by atoms with Gasteiger partial charge in [-0.2, -0.15) is 0 Å². The van der Waals surface area contributed by atoms with Crippen LogP contribution in [-0.2, 0) is 0 Å². The zero-order chi connectivity index (χ0) is 9.47. The number of likely N-dealkylation sites (tertiary alicyclic amines) is 1. The Bertz CT molecular complexity index is 193. The number of rotatable bonds is 2. The van der Waals surface area contributed by atoms with Crippen molar-refractivity contribution in [1.82, 2.24) is 4.90 Å². The van der Waals surface area contributed by atoms with Gasteiger partial charge in [-0.1, -0.05) is 6.42 Å². The monoisotopic (exact) mass is 184 g/mol. The summed E-state index contributed by atoms with van der Waals surface area (Å²) < 4.78 is 0. The average Bonchev–Trinajstić information content (AvgIpc) is 2.29. The highest BCUT2D eigenvalue weighted by Crippen LogP contribution is 2.36. The Hall–Kier alpha value is -0.120. The molecule has 1 aliphatic carbocycles. The van der Waals surface area contributed by atoms with Crippen molar-refractivity contribution in [2.24, 2.45) is 11.7 Å². The van der Waals surface area contributed by atoms with Crippen molar-refractivity contribution < 1.29 is 5.11 Å². The van der Waals surface area contributed by atoms with E-state index in [-0.39, 0.29) is 6.04 Å². The van der Waals surface area contributed by atoms with Crippen LogP contribution in [0.5, 0.6) is 0 Å². The number of nitrogens with two attached hydrogens (primary N) is 1. The molecule has 0 aromatic heterocycles. The highest BCUT2D eigenvalue weighted by molar-refractivity contribution is 5.01. The molecule has 0 aromatic rings. The lowest BCUT2D eigenvalue weighted by molar-refractivity contribution is -0.00799. The fourth-order valence-electron chi connectivity index (χ4n) is 2.52. The van der Waals surface area contributed by atoms with E-state index in [9.17, 15) is 5.11 Å². The minimum absolute atomic E-state index is 0.00574. The third kappa shape index (κ3) is 1.60. The van der Waals surface area contributed by atoms with Crippen molar-refractivity contribution in [3.05, 3.63) is 0 Å². The van der Waals surface area contributed by atoms with Gasteiger partial charge in [0, 0.05) is 19.1 Å². The Balaban J connectivity index is 1.97. The van der Waals surface area contributed by atoms with Gasteiger partial charge in [-0.05, 0) is 32.2 Å². The van der Waals surface area contributed by atoms with Crippen LogP contribution in [-0.4, -0.2) is 41.8 Å². The summed E-state index contributed by atoms with van der Waals surface area (Å²) in [5.41, 5.74) is 5.51. The highest BCUT2D eigenvalue weighted by Gasteiger charge is 2.44. The van der Waals surface area contributed by atoms with Gasteiger partial charge in [0.05, 0.1) is 5.60 Å². The van der Waals surface area contributed by atoms with Crippen LogP contribution in [0.25, 0.3) is 0 Å². The van der Waals surface area contributed by atoms with Crippen molar-refractivity contribution in [2.45, 2.75) is 37.3 Å². The Morgan fingerprint density at radius 3 is 2.62 bits per heavy atom. The SMILES string of the molecule is CN1CCC(O)(C(N)C2CCC2)C1. The van der Waals surface area contributed by atoms with Gasteiger partial charge in [-0.25, -0.2) is 0 Å². The molecule has 3 heteroatoms. The van der Waals surface area contributed by atoms with Gasteiger partial charge in [0.15, 0.2) is 0 Å². The molecule has 3 N–H and O–H groups in total. The van der Waals surface area contributed by atoms with Gasteiger partial charge >= 0.3 is 0 Å². The maximum Gasteiger partial charge on any atom is 0.0938 e. The Kier molecular flexibility index (Phi) is 2.34. The number of aliphatic hydroxyl groups is 1. The summed E-state index contributed by atoms with van der Waals surface area (Å²) in [5, 5.41) is 10.3. The van der Waals surface area contributed by atoms with E-state index in [2.05, 4.69) is 4.90 Å². The summed E-state index contributed by atoms with van der Waals surface area (Å²) >= 11 is 0. The van der Waals surface area contributed by atoms with E-state index in [1.54, 1.807) is 0 Å². The Labute approximate surface area is 79.9 Å². The fourth-order valence-corrected chi connectivity index (χ4v) is 2.52. The molecule has 0 aromatic carbocycles. The highest BCUT2D eigenvalue weighted by atomic mass is 16.3. The average molecular weight is 184 g/mol. The first-order valence-electron chi connectivity index (χ1n) is 5.28. The molecule has 1 saturated heterocycles. The molecule has 2 rings (SSSR count). The summed E-state index contributed by atoms with van der Waals surface area (Å²) in [6.45, 7) is 1.74. The van der Waals surface area contributed by atoms with Crippen LogP contribution < -0.4 is 5.73 Å². The van der Waals surface area contributed by atoms with Crippen molar-refractivity contribution in [3.63, 3.8) is 0 Å². The van der Waals surface area contributed by atoms with Crippen molar-refractivity contribution in [2.75, 3.05) is 20.1 Å². The molecule has 1 saturated carbocycles. The number of hydrogen-bond acceptors (Lipinski definition) is 3. The first-order chi connectivity index (χ1) is 6.12. The van der Waals surface area contributed by atoms with Crippen LogP contribution >= 0.6 is 0 Å². The zero-order valence-corrected chi connectivity index (χ0v) is 8.37. The molecule has 2 aliphatic rings. The van der Waals surface area contributed by atoms with Crippen LogP contribution in [0, 0.1) is 5.92 Å². The van der Waals surface area contributed by atoms with E-state index in [1.165, 1.54) is 19.3 Å². The second-order valence-corrected chi connectivity index (χ2v) is 4.81. The molecule has 1 heterocycles. The summed E-state index contributed by atoms with van der Waals surface area (Å²) in [5.74, 6) is 0.580. The summed E-state index contributed by atoms with van der Waals surface area (Å²) in [7, 11) is 2.05. The minimum atomic E-state index is -0.597. The van der Waals surface area contributed by atoms with Crippen LogP contribution in [0.15, 0.2) is 0 Å². The number of β-amino-alcohol motifs (C(OH)–C–C–N with tert-alkyl or cyclic N) is 1. The molecule has 0 bridgehead atoms. The summed E-state index contributed by atoms with van der Waals surface area (Å²) in [6.07, 6.45) is 4.58. The van der Waals surface area contributed by atoms with Gasteiger partial charge in [-0.15, -0.1) is 0 Å². The lowest BCUT2D eigenvalue weighted by atomic mass is 9.73. The molecule has 0 amide bonds. The third-order valence-corrected chi connectivity index (χ3v) is 3.75. The molecule has 0 radical (unpaired) electrons. The lowest BCUT2D eigenvalue weighted by Crippen LogP contribution is -2.55. The molecule has 76 valence electrons. The smallest absolute Gasteiger partial charge is 0.0938 e. The van der Waals surface area contributed by atoms with E-state index in [4.69, 9.17) is 5.73 Å². The normalized spacial score (nSPS) is 39.0. The first kappa shape index (κ1) is 9.44. The lowest BCUT2D eigenvalue weighted by Gasteiger charge is -2.39. The van der Waals surface area contributed by atoms with E-state index >= 15 is 0 Å². The fraction of sp³-hybridized carbons (Fsp3) is 1.00. The van der Waals surface area contributed by atoms with E-state index < -0.39 is 5.60 Å². The topological polar surface area (TPSA) is 49.5 Å². The van der Waals surface area contributed by atoms with Crippen LogP contribution in [0.4, 0.5) is 0 Å². The summed E-state index contributed by atoms with van der Waals surface area (Å²) in [4.78, 5) is 2.17.